The lowest BCUT2D eigenvalue weighted by Crippen LogP contribution is -2.40. The lowest BCUT2D eigenvalue weighted by Gasteiger charge is -2.28. The maximum absolute atomic E-state index is 13.4. The van der Waals surface area contributed by atoms with Gasteiger partial charge in [0.1, 0.15) is 11.4 Å². The van der Waals surface area contributed by atoms with Crippen molar-refractivity contribution in [1.82, 2.24) is 15.1 Å². The molecule has 1 aliphatic heterocycles. The van der Waals surface area contributed by atoms with Gasteiger partial charge in [-0.25, -0.2) is 8.42 Å². The molecule has 2 aromatic carbocycles. The van der Waals surface area contributed by atoms with Crippen molar-refractivity contribution in [3.05, 3.63) is 70.4 Å². The van der Waals surface area contributed by atoms with E-state index in [4.69, 9.17) is 11.6 Å². The maximum atomic E-state index is 13.4. The van der Waals surface area contributed by atoms with Crippen molar-refractivity contribution in [2.75, 3.05) is 11.5 Å². The van der Waals surface area contributed by atoms with Crippen molar-refractivity contribution in [2.45, 2.75) is 25.9 Å². The van der Waals surface area contributed by atoms with Crippen molar-refractivity contribution >= 4 is 27.3 Å². The van der Waals surface area contributed by atoms with Gasteiger partial charge in [-0.1, -0.05) is 41.9 Å². The number of hydrogen-bond donors (Lipinski definition) is 2. The van der Waals surface area contributed by atoms with E-state index in [-0.39, 0.29) is 35.4 Å². The van der Waals surface area contributed by atoms with E-state index in [1.807, 2.05) is 12.1 Å². The van der Waals surface area contributed by atoms with Gasteiger partial charge < -0.3 is 10.0 Å². The lowest BCUT2D eigenvalue weighted by atomic mass is 10.1. The number of nitrogens with one attached hydrogen (secondary N) is 1. The normalized spacial score (nSPS) is 17.5. The molecule has 9 heteroatoms. The average molecular weight is 460 g/mol. The summed E-state index contributed by atoms with van der Waals surface area (Å²) in [5, 5.41) is 17.8. The van der Waals surface area contributed by atoms with Crippen LogP contribution in [0.2, 0.25) is 5.02 Å². The molecule has 1 fully saturated rings. The summed E-state index contributed by atoms with van der Waals surface area (Å²) in [6.07, 6.45) is 0.373. The number of hydrogen-bond acceptors (Lipinski definition) is 5. The van der Waals surface area contributed by atoms with Crippen LogP contribution in [-0.4, -0.2) is 52.1 Å². The quantitative estimate of drug-likeness (QED) is 0.607. The van der Waals surface area contributed by atoms with Crippen LogP contribution in [0.1, 0.15) is 28.0 Å². The number of aryl methyl sites for hydroxylation is 1. The Morgan fingerprint density at radius 1 is 1.26 bits per heavy atom. The van der Waals surface area contributed by atoms with Gasteiger partial charge in [0.15, 0.2) is 9.84 Å². The predicted molar refractivity (Wildman–Crippen MR) is 119 cm³/mol. The molecule has 1 saturated heterocycles. The third kappa shape index (κ3) is 4.45. The zero-order chi connectivity index (χ0) is 22.2. The van der Waals surface area contributed by atoms with Crippen molar-refractivity contribution in [3.8, 4) is 17.0 Å². The summed E-state index contributed by atoms with van der Waals surface area (Å²) in [5.41, 5.74) is 2.59. The largest absolute Gasteiger partial charge is 0.507 e. The van der Waals surface area contributed by atoms with E-state index in [0.29, 0.717) is 28.3 Å². The van der Waals surface area contributed by atoms with Gasteiger partial charge in [-0.3, -0.25) is 9.89 Å². The Balaban J connectivity index is 1.67. The number of benzene rings is 2. The SMILES string of the molecule is Cc1cccc(-c2cc(C(=O)N(Cc3ccccc3Cl)C3CCS(=O)(=O)C3)[nH]n2)c1O. The molecule has 31 heavy (non-hydrogen) atoms. The molecular formula is C22H22ClN3O4S. The predicted octanol–water partition coefficient (Wildman–Crippen LogP) is 3.57. The molecule has 1 aliphatic rings. The van der Waals surface area contributed by atoms with Gasteiger partial charge in [0.2, 0.25) is 0 Å². The van der Waals surface area contributed by atoms with Gasteiger partial charge in [-0.2, -0.15) is 5.10 Å². The molecule has 2 N–H and O–H groups in total. The van der Waals surface area contributed by atoms with Gasteiger partial charge in [-0.15, -0.1) is 0 Å². The molecule has 1 amide bonds. The van der Waals surface area contributed by atoms with Crippen LogP contribution >= 0.6 is 11.6 Å². The van der Waals surface area contributed by atoms with Gasteiger partial charge in [0.25, 0.3) is 5.91 Å². The highest BCUT2D eigenvalue weighted by Crippen LogP contribution is 2.31. The maximum Gasteiger partial charge on any atom is 0.272 e. The number of aromatic nitrogens is 2. The molecule has 0 bridgehead atoms. The number of H-pyrrole nitrogens is 1. The third-order valence-corrected chi connectivity index (χ3v) is 7.65. The van der Waals surface area contributed by atoms with E-state index < -0.39 is 15.9 Å². The Morgan fingerprint density at radius 2 is 2.03 bits per heavy atom. The topological polar surface area (TPSA) is 103 Å². The standard InChI is InChI=1S/C22H22ClN3O4S/c1-14-5-4-7-17(21(14)27)19-11-20(25-24-19)22(28)26(16-9-10-31(29,30)13-16)12-15-6-2-3-8-18(15)23/h2-8,11,16,27H,9-10,12-13H2,1H3,(H,24,25). The zero-order valence-electron chi connectivity index (χ0n) is 16.9. The lowest BCUT2D eigenvalue weighted by molar-refractivity contribution is 0.0675. The van der Waals surface area contributed by atoms with E-state index in [1.54, 1.807) is 48.2 Å². The van der Waals surface area contributed by atoms with Crippen LogP contribution in [0.25, 0.3) is 11.3 Å². The summed E-state index contributed by atoms with van der Waals surface area (Å²) in [7, 11) is -3.19. The molecule has 162 valence electrons. The highest BCUT2D eigenvalue weighted by Gasteiger charge is 2.36. The number of carbonyl (C=O) groups excluding carboxylic acids is 1. The molecular weight excluding hydrogens is 438 g/mol. The van der Waals surface area contributed by atoms with Crippen LogP contribution in [0.4, 0.5) is 0 Å². The summed E-state index contributed by atoms with van der Waals surface area (Å²) < 4.78 is 24.1. The first-order chi connectivity index (χ1) is 14.7. The number of phenols is 1. The fourth-order valence-electron chi connectivity index (χ4n) is 3.79. The number of rotatable bonds is 5. The first-order valence-corrected chi connectivity index (χ1v) is 12.0. The van der Waals surface area contributed by atoms with E-state index >= 15 is 0 Å². The van der Waals surface area contributed by atoms with Gasteiger partial charge in [0.05, 0.1) is 17.2 Å². The Bertz CT molecular complexity index is 1240. The summed E-state index contributed by atoms with van der Waals surface area (Å²) in [6, 6.07) is 13.6. The van der Waals surface area contributed by atoms with Crippen LogP contribution in [0.3, 0.4) is 0 Å². The molecule has 1 atom stereocenters. The minimum atomic E-state index is -3.19. The van der Waals surface area contributed by atoms with Crippen LogP contribution in [0, 0.1) is 6.92 Å². The van der Waals surface area contributed by atoms with Crippen molar-refractivity contribution in [1.29, 1.82) is 0 Å². The van der Waals surface area contributed by atoms with Crippen LogP contribution in [-0.2, 0) is 16.4 Å². The number of phenolic OH excluding ortho intramolecular Hbond substituents is 1. The molecule has 2 heterocycles. The average Bonchev–Trinajstić information content (AvgIpc) is 3.35. The molecule has 4 rings (SSSR count). The highest BCUT2D eigenvalue weighted by molar-refractivity contribution is 7.91. The van der Waals surface area contributed by atoms with E-state index in [0.717, 1.165) is 5.56 Å². The minimum absolute atomic E-state index is 0.0510. The van der Waals surface area contributed by atoms with Crippen LogP contribution in [0.15, 0.2) is 48.5 Å². The second kappa shape index (κ2) is 8.36. The smallest absolute Gasteiger partial charge is 0.272 e. The fourth-order valence-corrected chi connectivity index (χ4v) is 5.71. The minimum Gasteiger partial charge on any atom is -0.507 e. The van der Waals surface area contributed by atoms with E-state index in [1.165, 1.54) is 0 Å². The second-order valence-corrected chi connectivity index (χ2v) is 10.4. The van der Waals surface area contributed by atoms with Crippen LogP contribution in [0.5, 0.6) is 5.75 Å². The zero-order valence-corrected chi connectivity index (χ0v) is 18.4. The molecule has 0 aliphatic carbocycles. The van der Waals surface area contributed by atoms with Gasteiger partial charge in [-0.05, 0) is 42.7 Å². The summed E-state index contributed by atoms with van der Waals surface area (Å²) in [6.45, 7) is 1.96. The van der Waals surface area contributed by atoms with Crippen LogP contribution < -0.4 is 0 Å². The first-order valence-electron chi connectivity index (χ1n) is 9.84. The molecule has 7 nitrogen and oxygen atoms in total. The van der Waals surface area contributed by atoms with Crippen molar-refractivity contribution in [2.24, 2.45) is 0 Å². The van der Waals surface area contributed by atoms with E-state index in [2.05, 4.69) is 10.2 Å². The molecule has 0 radical (unpaired) electrons. The highest BCUT2D eigenvalue weighted by atomic mass is 35.5. The number of halogens is 1. The third-order valence-electron chi connectivity index (χ3n) is 5.53. The molecule has 3 aromatic rings. The molecule has 0 spiro atoms. The number of nitrogens with zero attached hydrogens (tertiary/aromatic N) is 2. The van der Waals surface area contributed by atoms with Crippen molar-refractivity contribution < 1.29 is 18.3 Å². The Hall–Kier alpha value is -2.84. The first kappa shape index (κ1) is 21.4. The van der Waals surface area contributed by atoms with Gasteiger partial charge in [0, 0.05) is 23.2 Å². The Labute approximate surface area is 185 Å². The molecule has 1 unspecified atom stereocenters. The van der Waals surface area contributed by atoms with Crippen molar-refractivity contribution in [3.63, 3.8) is 0 Å². The van der Waals surface area contributed by atoms with E-state index in [9.17, 15) is 18.3 Å². The number of sulfone groups is 1. The fraction of sp³-hybridized carbons (Fsp3) is 0.273. The monoisotopic (exact) mass is 459 g/mol. The summed E-state index contributed by atoms with van der Waals surface area (Å²) in [5.74, 6) is -0.297. The summed E-state index contributed by atoms with van der Waals surface area (Å²) in [4.78, 5) is 15.0. The number of amides is 1. The summed E-state index contributed by atoms with van der Waals surface area (Å²) >= 11 is 6.29. The molecule has 0 saturated carbocycles. The van der Waals surface area contributed by atoms with Gasteiger partial charge >= 0.3 is 0 Å². The number of aromatic hydroxyl groups is 1. The molecule has 1 aromatic heterocycles. The second-order valence-electron chi connectivity index (χ2n) is 7.72. The number of para-hydroxylation sites is 1. The Morgan fingerprint density at radius 3 is 2.74 bits per heavy atom. The number of aromatic amines is 1. The Kier molecular flexibility index (Phi) is 5.77. The number of carbonyl (C=O) groups is 1.